The van der Waals surface area contributed by atoms with E-state index in [1.54, 1.807) is 6.26 Å². The van der Waals surface area contributed by atoms with Crippen LogP contribution in [-0.4, -0.2) is 27.9 Å². The maximum Gasteiger partial charge on any atom is 0.306 e. The molecule has 4 aromatic rings. The van der Waals surface area contributed by atoms with E-state index in [9.17, 15) is 9.59 Å². The molecule has 0 unspecified atom stereocenters. The fraction of sp³-hybridized carbons (Fsp3) is 0.280. The van der Waals surface area contributed by atoms with Gasteiger partial charge in [-0.1, -0.05) is 18.2 Å². The Labute approximate surface area is 180 Å². The minimum atomic E-state index is -0.349. The van der Waals surface area contributed by atoms with E-state index >= 15 is 0 Å². The number of carbonyl (C=O) groups excluding carboxylic acids is 2. The number of rotatable bonds is 9. The summed E-state index contributed by atoms with van der Waals surface area (Å²) < 4.78 is 12.7. The van der Waals surface area contributed by atoms with Crippen LogP contribution in [0.25, 0.3) is 10.9 Å². The van der Waals surface area contributed by atoms with E-state index in [0.717, 1.165) is 29.1 Å². The van der Waals surface area contributed by atoms with Gasteiger partial charge in [0.1, 0.15) is 5.76 Å². The second-order valence-electron chi connectivity index (χ2n) is 7.75. The Balaban J connectivity index is 1.28. The summed E-state index contributed by atoms with van der Waals surface area (Å²) in [5.41, 5.74) is 4.66. The highest BCUT2D eigenvalue weighted by molar-refractivity contribution is 5.99. The number of carbonyl (C=O) groups is 2. The molecule has 0 amide bonds. The first kappa shape index (κ1) is 20.7. The van der Waals surface area contributed by atoms with Gasteiger partial charge in [-0.3, -0.25) is 9.59 Å². The molecule has 3 heterocycles. The third-order valence-corrected chi connectivity index (χ3v) is 5.63. The monoisotopic (exact) mass is 418 g/mol. The van der Waals surface area contributed by atoms with Crippen molar-refractivity contribution < 1.29 is 18.7 Å². The number of Topliss-reactive ketones (excluding diaryl/α,β-unsaturated/α-hetero) is 1. The van der Waals surface area contributed by atoms with Crippen molar-refractivity contribution in [3.05, 3.63) is 83.2 Å². The van der Waals surface area contributed by atoms with Crippen LogP contribution < -0.4 is 0 Å². The molecule has 0 saturated heterocycles. The van der Waals surface area contributed by atoms with Crippen LogP contribution in [0.1, 0.15) is 45.9 Å². The summed E-state index contributed by atoms with van der Waals surface area (Å²) in [6, 6.07) is 13.7. The van der Waals surface area contributed by atoms with Crippen molar-refractivity contribution >= 4 is 22.7 Å². The molecule has 0 fully saturated rings. The lowest BCUT2D eigenvalue weighted by atomic mass is 10.1. The lowest BCUT2D eigenvalue weighted by Gasteiger charge is -2.08. The van der Waals surface area contributed by atoms with Crippen LogP contribution in [-0.2, 0) is 22.5 Å². The Morgan fingerprint density at radius 3 is 2.77 bits per heavy atom. The van der Waals surface area contributed by atoms with Crippen molar-refractivity contribution in [2.45, 2.75) is 39.7 Å². The first-order valence-corrected chi connectivity index (χ1v) is 10.5. The Bertz CT molecular complexity index is 1200. The maximum atomic E-state index is 12.6. The summed E-state index contributed by atoms with van der Waals surface area (Å²) in [6.07, 6.45) is 5.35. The van der Waals surface area contributed by atoms with Gasteiger partial charge < -0.3 is 18.7 Å². The Kier molecular flexibility index (Phi) is 6.07. The fourth-order valence-corrected chi connectivity index (χ4v) is 3.94. The molecule has 160 valence electrons. The van der Waals surface area contributed by atoms with E-state index < -0.39 is 0 Å². The van der Waals surface area contributed by atoms with Gasteiger partial charge in [0, 0.05) is 40.5 Å². The van der Waals surface area contributed by atoms with E-state index in [0.29, 0.717) is 18.5 Å². The summed E-state index contributed by atoms with van der Waals surface area (Å²) in [5.74, 6) is 0.281. The number of benzene rings is 1. The summed E-state index contributed by atoms with van der Waals surface area (Å²) >= 11 is 0. The highest BCUT2D eigenvalue weighted by Crippen LogP contribution is 2.20. The van der Waals surface area contributed by atoms with Gasteiger partial charge in [-0.05, 0) is 56.5 Å². The molecule has 1 aromatic carbocycles. The van der Waals surface area contributed by atoms with E-state index in [-0.39, 0.29) is 24.8 Å². The van der Waals surface area contributed by atoms with Gasteiger partial charge in [0.15, 0.2) is 6.61 Å². The zero-order valence-corrected chi connectivity index (χ0v) is 17.8. The second-order valence-corrected chi connectivity index (χ2v) is 7.75. The first-order chi connectivity index (χ1) is 15.0. The number of esters is 1. The SMILES string of the molecule is Cc1cc(C(=O)COC(=O)CCCc2c[nH]c3ccccc23)c(C)n1Cc1ccco1. The number of hydrogen-bond donors (Lipinski definition) is 1. The average molecular weight is 418 g/mol. The van der Waals surface area contributed by atoms with Crippen LogP contribution in [0.5, 0.6) is 0 Å². The standard InChI is InChI=1S/C25H26N2O4/c1-17-13-22(18(2)27(17)15-20-8-6-12-30-20)24(28)16-31-25(29)11-5-7-19-14-26-23-10-4-3-9-21(19)23/h3-4,6,8-10,12-14,26H,5,7,11,15-16H2,1-2H3. The number of aromatic amines is 1. The molecule has 0 aliphatic rings. The van der Waals surface area contributed by atoms with Gasteiger partial charge in [0.25, 0.3) is 0 Å². The Morgan fingerprint density at radius 1 is 1.13 bits per heavy atom. The zero-order valence-electron chi connectivity index (χ0n) is 17.8. The Hall–Kier alpha value is -3.54. The third-order valence-electron chi connectivity index (χ3n) is 5.63. The van der Waals surface area contributed by atoms with Crippen LogP contribution in [0.15, 0.2) is 59.3 Å². The lowest BCUT2D eigenvalue weighted by Crippen LogP contribution is -2.15. The van der Waals surface area contributed by atoms with E-state index in [1.807, 2.05) is 61.0 Å². The molecule has 6 nitrogen and oxygen atoms in total. The van der Waals surface area contributed by atoms with E-state index in [2.05, 4.69) is 11.1 Å². The van der Waals surface area contributed by atoms with Crippen LogP contribution in [0.2, 0.25) is 0 Å². The molecule has 0 spiro atoms. The number of H-pyrrole nitrogens is 1. The van der Waals surface area contributed by atoms with Crippen LogP contribution in [0, 0.1) is 13.8 Å². The second kappa shape index (κ2) is 9.08. The van der Waals surface area contributed by atoms with Gasteiger partial charge in [-0.15, -0.1) is 0 Å². The number of para-hydroxylation sites is 1. The number of ketones is 1. The predicted molar refractivity (Wildman–Crippen MR) is 118 cm³/mol. The number of furan rings is 1. The average Bonchev–Trinajstić information content (AvgIpc) is 3.49. The summed E-state index contributed by atoms with van der Waals surface area (Å²) in [7, 11) is 0. The summed E-state index contributed by atoms with van der Waals surface area (Å²) in [5, 5.41) is 1.18. The molecule has 31 heavy (non-hydrogen) atoms. The molecule has 3 aromatic heterocycles. The normalized spacial score (nSPS) is 11.2. The molecular weight excluding hydrogens is 392 g/mol. The molecule has 1 N–H and O–H groups in total. The van der Waals surface area contributed by atoms with Gasteiger partial charge in [-0.25, -0.2) is 0 Å². The third kappa shape index (κ3) is 4.63. The zero-order chi connectivity index (χ0) is 21.8. The smallest absolute Gasteiger partial charge is 0.306 e. The van der Waals surface area contributed by atoms with Crippen molar-refractivity contribution in [3.8, 4) is 0 Å². The van der Waals surface area contributed by atoms with Gasteiger partial charge in [0.2, 0.25) is 5.78 Å². The van der Waals surface area contributed by atoms with Crippen molar-refractivity contribution in [3.63, 3.8) is 0 Å². The molecule has 0 aliphatic heterocycles. The number of nitrogens with zero attached hydrogens (tertiary/aromatic N) is 1. The molecule has 4 rings (SSSR count). The molecule has 6 heteroatoms. The summed E-state index contributed by atoms with van der Waals surface area (Å²) in [6.45, 7) is 4.16. The Morgan fingerprint density at radius 2 is 1.97 bits per heavy atom. The number of hydrogen-bond acceptors (Lipinski definition) is 4. The molecule has 0 saturated carbocycles. The van der Waals surface area contributed by atoms with Gasteiger partial charge >= 0.3 is 5.97 Å². The van der Waals surface area contributed by atoms with Crippen molar-refractivity contribution in [1.82, 2.24) is 9.55 Å². The molecular formula is C25H26N2O4. The van der Waals surface area contributed by atoms with Gasteiger partial charge in [-0.2, -0.15) is 0 Å². The highest BCUT2D eigenvalue weighted by Gasteiger charge is 2.18. The molecule has 0 aliphatic carbocycles. The van der Waals surface area contributed by atoms with E-state index in [4.69, 9.17) is 9.15 Å². The predicted octanol–water partition coefficient (Wildman–Crippen LogP) is 4.98. The van der Waals surface area contributed by atoms with Crippen molar-refractivity contribution in [1.29, 1.82) is 0 Å². The molecule has 0 atom stereocenters. The number of aromatic nitrogens is 2. The van der Waals surface area contributed by atoms with E-state index in [1.165, 1.54) is 10.9 Å². The number of fused-ring (bicyclic) bond motifs is 1. The fourth-order valence-electron chi connectivity index (χ4n) is 3.94. The van der Waals surface area contributed by atoms with Crippen LogP contribution in [0.4, 0.5) is 0 Å². The largest absolute Gasteiger partial charge is 0.467 e. The number of nitrogens with one attached hydrogen (secondary N) is 1. The molecule has 0 bridgehead atoms. The number of aryl methyl sites for hydroxylation is 2. The maximum absolute atomic E-state index is 12.6. The first-order valence-electron chi connectivity index (χ1n) is 10.5. The minimum absolute atomic E-state index is 0.191. The van der Waals surface area contributed by atoms with Crippen LogP contribution >= 0.6 is 0 Å². The van der Waals surface area contributed by atoms with Crippen LogP contribution in [0.3, 0.4) is 0 Å². The highest BCUT2D eigenvalue weighted by atomic mass is 16.5. The van der Waals surface area contributed by atoms with Crippen molar-refractivity contribution in [2.75, 3.05) is 6.61 Å². The minimum Gasteiger partial charge on any atom is -0.467 e. The quantitative estimate of drug-likeness (QED) is 0.307. The number of ether oxygens (including phenoxy) is 1. The van der Waals surface area contributed by atoms with Crippen molar-refractivity contribution in [2.24, 2.45) is 0 Å². The molecule has 0 radical (unpaired) electrons. The van der Waals surface area contributed by atoms with Gasteiger partial charge in [0.05, 0.1) is 12.8 Å². The topological polar surface area (TPSA) is 77.2 Å². The summed E-state index contributed by atoms with van der Waals surface area (Å²) in [4.78, 5) is 28.0. The lowest BCUT2D eigenvalue weighted by molar-refractivity contribution is -0.142.